The summed E-state index contributed by atoms with van der Waals surface area (Å²) >= 11 is 0. The second kappa shape index (κ2) is 3.34. The average molecular weight is 167 g/mol. The molecule has 64 valence electrons. The molecule has 0 spiro atoms. The first-order chi connectivity index (χ1) is 5.66. The molecule has 1 heterocycles. The van der Waals surface area contributed by atoms with Crippen molar-refractivity contribution < 1.29 is 8.81 Å². The third-order valence-corrected chi connectivity index (χ3v) is 1.61. The van der Waals surface area contributed by atoms with Gasteiger partial charge in [0.25, 0.3) is 0 Å². The van der Waals surface area contributed by atoms with Gasteiger partial charge in [-0.15, -0.1) is 0 Å². The molecule has 12 heavy (non-hydrogen) atoms. The lowest BCUT2D eigenvalue weighted by atomic mass is 10.2. The number of halogens is 1. The lowest BCUT2D eigenvalue weighted by molar-refractivity contribution is 0.526. The van der Waals surface area contributed by atoms with E-state index in [0.29, 0.717) is 22.8 Å². The first-order valence-electron chi connectivity index (χ1n) is 3.63. The van der Waals surface area contributed by atoms with Crippen LogP contribution in [0.15, 0.2) is 23.2 Å². The van der Waals surface area contributed by atoms with Gasteiger partial charge in [-0.2, -0.15) is 0 Å². The van der Waals surface area contributed by atoms with Crippen molar-refractivity contribution in [2.24, 2.45) is 0 Å². The second-order valence-corrected chi connectivity index (χ2v) is 2.36. The van der Waals surface area contributed by atoms with Gasteiger partial charge in [-0.25, -0.2) is 9.37 Å². The minimum atomic E-state index is -0.476. The second-order valence-electron chi connectivity index (χ2n) is 2.36. The average Bonchev–Trinajstić information content (AvgIpc) is 2.38. The molecule has 1 aromatic heterocycles. The van der Waals surface area contributed by atoms with Gasteiger partial charge in [0.15, 0.2) is 6.39 Å². The number of rotatable bonds is 2. The number of hydrogen-bond donors (Lipinski definition) is 0. The van der Waals surface area contributed by atoms with Crippen LogP contribution in [-0.4, -0.2) is 4.98 Å². The summed E-state index contributed by atoms with van der Waals surface area (Å²) < 4.78 is 17.6. The summed E-state index contributed by atoms with van der Waals surface area (Å²) in [5.41, 5.74) is 0.833. The maximum atomic E-state index is 12.8. The third kappa shape index (κ3) is 1.44. The number of aromatic nitrogens is 1. The molecule has 1 rings (SSSR count). The first-order valence-corrected chi connectivity index (χ1v) is 3.63. The molecule has 0 fully saturated rings. The van der Waals surface area contributed by atoms with E-state index >= 15 is 0 Å². The molecule has 0 saturated carbocycles. The molecule has 0 aliphatic carbocycles. The summed E-state index contributed by atoms with van der Waals surface area (Å²) in [5.74, 6) is -0.476. The van der Waals surface area contributed by atoms with Gasteiger partial charge >= 0.3 is 0 Å². The van der Waals surface area contributed by atoms with Gasteiger partial charge in [0.1, 0.15) is 16.6 Å². The van der Waals surface area contributed by atoms with Crippen LogP contribution < -0.4 is 10.8 Å². The number of nitrogens with zero attached hydrogens (tertiary/aromatic N) is 1. The molecule has 2 nitrogen and oxygen atoms in total. The molecule has 0 atom stereocenters. The molecule has 0 radical (unpaired) electrons. The van der Waals surface area contributed by atoms with Gasteiger partial charge in [-0.3, -0.25) is 0 Å². The molecule has 0 saturated heterocycles. The Kier molecular flexibility index (Phi) is 2.43. The van der Waals surface area contributed by atoms with E-state index in [1.54, 1.807) is 0 Å². The molecule has 0 unspecified atom stereocenters. The van der Waals surface area contributed by atoms with Crippen LogP contribution in [0.3, 0.4) is 0 Å². The highest BCUT2D eigenvalue weighted by atomic mass is 19.1. The smallest absolute Gasteiger partial charge is 0.181 e. The van der Waals surface area contributed by atoms with Crippen LogP contribution in [0.25, 0.3) is 12.2 Å². The van der Waals surface area contributed by atoms with Gasteiger partial charge in [0, 0.05) is 5.57 Å². The fourth-order valence-electron chi connectivity index (χ4n) is 1.00. The van der Waals surface area contributed by atoms with Crippen LogP contribution in [-0.2, 0) is 0 Å². The SMILES string of the molecule is C=C(F)/C(CC)=c1/ncoc1=C. The maximum Gasteiger partial charge on any atom is 0.181 e. The molecule has 1 aromatic rings. The summed E-state index contributed by atoms with van der Waals surface area (Å²) in [4.78, 5) is 3.84. The lowest BCUT2D eigenvalue weighted by Gasteiger charge is -1.94. The molecule has 0 bridgehead atoms. The Hall–Kier alpha value is -1.38. The van der Waals surface area contributed by atoms with Crippen molar-refractivity contribution >= 4 is 12.2 Å². The van der Waals surface area contributed by atoms with Crippen LogP contribution in [0.4, 0.5) is 4.39 Å². The summed E-state index contributed by atoms with van der Waals surface area (Å²) in [7, 11) is 0. The monoisotopic (exact) mass is 167 g/mol. The van der Waals surface area contributed by atoms with Gasteiger partial charge in [-0.05, 0) is 6.42 Å². The van der Waals surface area contributed by atoms with Crippen molar-refractivity contribution in [3.63, 3.8) is 0 Å². The van der Waals surface area contributed by atoms with E-state index < -0.39 is 5.83 Å². The van der Waals surface area contributed by atoms with E-state index in [1.807, 2.05) is 6.92 Å². The van der Waals surface area contributed by atoms with Gasteiger partial charge in [0.2, 0.25) is 0 Å². The molecule has 0 amide bonds. The zero-order valence-corrected chi connectivity index (χ0v) is 6.93. The normalized spacial score (nSPS) is 12.8. The predicted octanol–water partition coefficient (Wildman–Crippen LogP) is 1.13. The Morgan fingerprint density at radius 3 is 2.75 bits per heavy atom. The van der Waals surface area contributed by atoms with Crippen molar-refractivity contribution in [3.8, 4) is 0 Å². The van der Waals surface area contributed by atoms with E-state index in [1.165, 1.54) is 6.39 Å². The maximum absolute atomic E-state index is 12.8. The molecule has 0 N–H and O–H groups in total. The molecule has 0 aromatic carbocycles. The highest BCUT2D eigenvalue weighted by Crippen LogP contribution is 2.10. The Morgan fingerprint density at radius 2 is 2.42 bits per heavy atom. The van der Waals surface area contributed by atoms with Gasteiger partial charge in [0.05, 0.1) is 0 Å². The standard InChI is InChI=1S/C9H10FNO/c1-4-8(6(2)10)9-7(3)12-5-11-9/h5H,2-4H2,1H3/b9-8+. The number of allylic oxidation sites excluding steroid dienone is 1. The fourth-order valence-corrected chi connectivity index (χ4v) is 1.00. The van der Waals surface area contributed by atoms with E-state index in [0.717, 1.165) is 0 Å². The Morgan fingerprint density at radius 1 is 1.75 bits per heavy atom. The lowest BCUT2D eigenvalue weighted by Crippen LogP contribution is -2.23. The zero-order chi connectivity index (χ0) is 9.14. The van der Waals surface area contributed by atoms with Crippen LogP contribution >= 0.6 is 0 Å². The summed E-state index contributed by atoms with van der Waals surface area (Å²) in [5, 5.41) is 0.463. The molecule has 0 aliphatic rings. The molecular weight excluding hydrogens is 157 g/mol. The van der Waals surface area contributed by atoms with E-state index in [-0.39, 0.29) is 0 Å². The Labute approximate surface area is 69.7 Å². The Balaban J connectivity index is 3.48. The van der Waals surface area contributed by atoms with Crippen molar-refractivity contribution in [1.29, 1.82) is 0 Å². The summed E-state index contributed by atoms with van der Waals surface area (Å²) in [6, 6.07) is 0. The largest absolute Gasteiger partial charge is 0.444 e. The van der Waals surface area contributed by atoms with Crippen molar-refractivity contribution in [1.82, 2.24) is 4.98 Å². The van der Waals surface area contributed by atoms with Crippen LogP contribution in [0.2, 0.25) is 0 Å². The van der Waals surface area contributed by atoms with Gasteiger partial charge in [-0.1, -0.05) is 20.1 Å². The molecule has 3 heteroatoms. The van der Waals surface area contributed by atoms with Crippen molar-refractivity contribution in [2.75, 3.05) is 0 Å². The third-order valence-electron chi connectivity index (χ3n) is 1.61. The topological polar surface area (TPSA) is 26.0 Å². The van der Waals surface area contributed by atoms with Crippen LogP contribution in [0, 0.1) is 0 Å². The van der Waals surface area contributed by atoms with E-state index in [2.05, 4.69) is 18.1 Å². The first kappa shape index (κ1) is 8.71. The Bertz CT molecular complexity index is 391. The number of hydrogen-bond acceptors (Lipinski definition) is 2. The predicted molar refractivity (Wildman–Crippen MR) is 45.2 cm³/mol. The number of oxazole rings is 1. The highest BCUT2D eigenvalue weighted by molar-refractivity contribution is 5.57. The van der Waals surface area contributed by atoms with Crippen molar-refractivity contribution in [3.05, 3.63) is 29.6 Å². The quantitative estimate of drug-likeness (QED) is 0.660. The zero-order valence-electron chi connectivity index (χ0n) is 6.93. The van der Waals surface area contributed by atoms with Crippen LogP contribution in [0.5, 0.6) is 0 Å². The van der Waals surface area contributed by atoms with Gasteiger partial charge < -0.3 is 4.42 Å². The summed E-state index contributed by atoms with van der Waals surface area (Å²) in [6.45, 7) is 8.61. The van der Waals surface area contributed by atoms with E-state index in [4.69, 9.17) is 4.42 Å². The van der Waals surface area contributed by atoms with E-state index in [9.17, 15) is 4.39 Å². The summed E-state index contributed by atoms with van der Waals surface area (Å²) in [6.07, 6.45) is 1.78. The molecule has 0 aliphatic heterocycles. The minimum absolute atomic E-state index is 0.380. The fraction of sp³-hybridized carbons (Fsp3) is 0.222. The highest BCUT2D eigenvalue weighted by Gasteiger charge is 2.02. The van der Waals surface area contributed by atoms with Crippen LogP contribution in [0.1, 0.15) is 13.3 Å². The van der Waals surface area contributed by atoms with Crippen molar-refractivity contribution in [2.45, 2.75) is 13.3 Å². The molecular formula is C9H10FNO. The minimum Gasteiger partial charge on any atom is -0.444 e.